The van der Waals surface area contributed by atoms with Gasteiger partial charge in [0.25, 0.3) is 0 Å². The van der Waals surface area contributed by atoms with E-state index in [1.807, 2.05) is 0 Å². The lowest BCUT2D eigenvalue weighted by molar-refractivity contribution is 0.259. The Bertz CT molecular complexity index is 651. The molecule has 0 amide bonds. The molecule has 2 aliphatic rings. The van der Waals surface area contributed by atoms with Gasteiger partial charge in [-0.05, 0) is 49.3 Å². The van der Waals surface area contributed by atoms with Crippen molar-refractivity contribution >= 4 is 21.6 Å². The minimum atomic E-state index is 0.431. The molecule has 0 spiro atoms. The van der Waals surface area contributed by atoms with Crippen molar-refractivity contribution in [2.75, 3.05) is 13.1 Å². The Hall–Kier alpha value is -0.970. The van der Waals surface area contributed by atoms with Crippen molar-refractivity contribution in [1.82, 2.24) is 9.88 Å². The van der Waals surface area contributed by atoms with Gasteiger partial charge in [0.05, 0.1) is 15.2 Å². The number of aryl methyl sites for hydroxylation is 1. The molecule has 4 rings (SSSR count). The van der Waals surface area contributed by atoms with Crippen LogP contribution in [0.15, 0.2) is 18.2 Å². The van der Waals surface area contributed by atoms with Gasteiger partial charge in [0.2, 0.25) is 0 Å². The van der Waals surface area contributed by atoms with E-state index in [1.165, 1.54) is 42.6 Å². The van der Waals surface area contributed by atoms with Crippen LogP contribution in [0, 0.1) is 18.8 Å². The Kier molecular flexibility index (Phi) is 3.48. The zero-order valence-electron chi connectivity index (χ0n) is 12.6. The number of fused-ring (bicyclic) bond motifs is 2. The first kappa shape index (κ1) is 13.7. The molecule has 21 heavy (non-hydrogen) atoms. The van der Waals surface area contributed by atoms with E-state index in [2.05, 4.69) is 35.0 Å². The molecule has 4 heteroatoms. The smallest absolute Gasteiger partial charge is 0.0907 e. The van der Waals surface area contributed by atoms with Crippen LogP contribution < -0.4 is 5.73 Å². The number of thiazole rings is 1. The van der Waals surface area contributed by atoms with Gasteiger partial charge >= 0.3 is 0 Å². The highest BCUT2D eigenvalue weighted by molar-refractivity contribution is 7.18. The Labute approximate surface area is 130 Å². The van der Waals surface area contributed by atoms with Crippen molar-refractivity contribution in [3.8, 4) is 0 Å². The first-order chi connectivity index (χ1) is 10.2. The van der Waals surface area contributed by atoms with E-state index in [9.17, 15) is 0 Å². The fourth-order valence-electron chi connectivity index (χ4n) is 4.18. The maximum Gasteiger partial charge on any atom is 0.0907 e. The average Bonchev–Trinajstić information content (AvgIpc) is 3.01. The second kappa shape index (κ2) is 5.34. The number of hydrogen-bond donors (Lipinski definition) is 1. The van der Waals surface area contributed by atoms with Crippen molar-refractivity contribution in [3.05, 3.63) is 28.8 Å². The zero-order valence-corrected chi connectivity index (χ0v) is 13.4. The van der Waals surface area contributed by atoms with Gasteiger partial charge in [0.1, 0.15) is 0 Å². The van der Waals surface area contributed by atoms with E-state index in [-0.39, 0.29) is 0 Å². The van der Waals surface area contributed by atoms with Crippen molar-refractivity contribution in [3.63, 3.8) is 0 Å². The Morgan fingerprint density at radius 3 is 3.10 bits per heavy atom. The minimum absolute atomic E-state index is 0.431. The molecule has 1 aliphatic heterocycles. The van der Waals surface area contributed by atoms with Crippen LogP contribution in [0.25, 0.3) is 10.2 Å². The molecule has 1 saturated heterocycles. The predicted molar refractivity (Wildman–Crippen MR) is 88.4 cm³/mol. The van der Waals surface area contributed by atoms with Gasteiger partial charge < -0.3 is 5.73 Å². The molecule has 1 aromatic heterocycles. The second-order valence-electron chi connectivity index (χ2n) is 6.75. The van der Waals surface area contributed by atoms with Gasteiger partial charge in [-0.3, -0.25) is 4.90 Å². The highest BCUT2D eigenvalue weighted by Gasteiger charge is 2.38. The van der Waals surface area contributed by atoms with Crippen LogP contribution in [0.5, 0.6) is 0 Å². The van der Waals surface area contributed by atoms with Gasteiger partial charge in [-0.15, -0.1) is 11.3 Å². The van der Waals surface area contributed by atoms with Crippen LogP contribution in [0.1, 0.15) is 29.8 Å². The fourth-order valence-corrected chi connectivity index (χ4v) is 5.07. The lowest BCUT2D eigenvalue weighted by Gasteiger charge is -2.29. The number of likely N-dealkylation sites (tertiary alicyclic amines) is 1. The zero-order chi connectivity index (χ0) is 14.4. The molecule has 2 heterocycles. The van der Waals surface area contributed by atoms with Gasteiger partial charge in [-0.25, -0.2) is 4.98 Å². The third-order valence-corrected chi connectivity index (χ3v) is 6.13. The summed E-state index contributed by atoms with van der Waals surface area (Å²) in [6.45, 7) is 5.56. The molecule has 3 nitrogen and oxygen atoms in total. The number of rotatable bonds is 2. The van der Waals surface area contributed by atoms with Gasteiger partial charge in [-0.1, -0.05) is 12.5 Å². The molecule has 2 N–H and O–H groups in total. The largest absolute Gasteiger partial charge is 0.327 e. The van der Waals surface area contributed by atoms with Crippen LogP contribution in [0.2, 0.25) is 0 Å². The second-order valence-corrected chi connectivity index (χ2v) is 7.98. The maximum absolute atomic E-state index is 6.32. The SMILES string of the molecule is Cc1nc2ccc(CN3CC4CCCC(N)C4C3)cc2s1. The van der Waals surface area contributed by atoms with Crippen LogP contribution >= 0.6 is 11.3 Å². The van der Waals surface area contributed by atoms with Crippen molar-refractivity contribution in [2.45, 2.75) is 38.8 Å². The van der Waals surface area contributed by atoms with Crippen LogP contribution in [-0.2, 0) is 6.54 Å². The number of nitrogens with zero attached hydrogens (tertiary/aromatic N) is 2. The predicted octanol–water partition coefficient (Wildman–Crippen LogP) is 3.16. The summed E-state index contributed by atoms with van der Waals surface area (Å²) in [6, 6.07) is 7.16. The quantitative estimate of drug-likeness (QED) is 0.926. The van der Waals surface area contributed by atoms with Crippen LogP contribution in [0.3, 0.4) is 0 Å². The number of hydrogen-bond acceptors (Lipinski definition) is 4. The van der Waals surface area contributed by atoms with E-state index in [0.717, 1.165) is 28.9 Å². The van der Waals surface area contributed by atoms with Gasteiger partial charge in [0.15, 0.2) is 0 Å². The summed E-state index contributed by atoms with van der Waals surface area (Å²) in [5.74, 6) is 1.57. The first-order valence-electron chi connectivity index (χ1n) is 8.03. The minimum Gasteiger partial charge on any atom is -0.327 e. The normalized spacial score (nSPS) is 29.9. The molecule has 1 aliphatic carbocycles. The van der Waals surface area contributed by atoms with Crippen molar-refractivity contribution in [1.29, 1.82) is 0 Å². The highest BCUT2D eigenvalue weighted by Crippen LogP contribution is 2.36. The number of benzene rings is 1. The Morgan fingerprint density at radius 2 is 2.24 bits per heavy atom. The summed E-state index contributed by atoms with van der Waals surface area (Å²) in [6.07, 6.45) is 3.92. The summed E-state index contributed by atoms with van der Waals surface area (Å²) in [5, 5.41) is 1.15. The first-order valence-corrected chi connectivity index (χ1v) is 8.85. The molecular weight excluding hydrogens is 278 g/mol. The third kappa shape index (κ3) is 2.60. The molecule has 0 bridgehead atoms. The lowest BCUT2D eigenvalue weighted by Crippen LogP contribution is -2.38. The highest BCUT2D eigenvalue weighted by atomic mass is 32.1. The molecule has 2 aromatic rings. The fraction of sp³-hybridized carbons (Fsp3) is 0.588. The molecular formula is C17H23N3S. The monoisotopic (exact) mass is 301 g/mol. The average molecular weight is 301 g/mol. The van der Waals surface area contributed by atoms with E-state index >= 15 is 0 Å². The Morgan fingerprint density at radius 1 is 1.33 bits per heavy atom. The van der Waals surface area contributed by atoms with E-state index < -0.39 is 0 Å². The molecule has 3 atom stereocenters. The molecule has 0 radical (unpaired) electrons. The van der Waals surface area contributed by atoms with Gasteiger partial charge in [-0.2, -0.15) is 0 Å². The summed E-state index contributed by atoms with van der Waals surface area (Å²) < 4.78 is 1.32. The van der Waals surface area contributed by atoms with Gasteiger partial charge in [0, 0.05) is 25.7 Å². The summed E-state index contributed by atoms with van der Waals surface area (Å²) in [5.41, 5.74) is 8.87. The third-order valence-electron chi connectivity index (χ3n) is 5.20. The van der Waals surface area contributed by atoms with Crippen LogP contribution in [0.4, 0.5) is 0 Å². The summed E-state index contributed by atoms with van der Waals surface area (Å²) >= 11 is 1.80. The Balaban J connectivity index is 1.50. The van der Waals surface area contributed by atoms with E-state index in [1.54, 1.807) is 11.3 Å². The summed E-state index contributed by atoms with van der Waals surface area (Å²) in [7, 11) is 0. The molecule has 1 aromatic carbocycles. The van der Waals surface area contributed by atoms with E-state index in [4.69, 9.17) is 5.73 Å². The summed E-state index contributed by atoms with van der Waals surface area (Å²) in [4.78, 5) is 7.15. The molecule has 1 saturated carbocycles. The number of nitrogens with two attached hydrogens (primary N) is 1. The topological polar surface area (TPSA) is 42.2 Å². The lowest BCUT2D eigenvalue weighted by atomic mass is 9.78. The molecule has 3 unspecified atom stereocenters. The van der Waals surface area contributed by atoms with Crippen LogP contribution in [-0.4, -0.2) is 29.0 Å². The number of aromatic nitrogens is 1. The maximum atomic E-state index is 6.32. The molecule has 112 valence electrons. The standard InChI is InChI=1S/C17H23N3S/c1-11-19-16-6-5-12(7-17(16)21-11)8-20-9-13-3-2-4-15(18)14(13)10-20/h5-7,13-15H,2-4,8-10,18H2,1H3. The van der Waals surface area contributed by atoms with E-state index in [0.29, 0.717) is 6.04 Å². The van der Waals surface area contributed by atoms with Crippen molar-refractivity contribution in [2.24, 2.45) is 17.6 Å². The molecule has 2 fully saturated rings. The van der Waals surface area contributed by atoms with Crippen molar-refractivity contribution < 1.29 is 0 Å².